The normalized spacial score (nSPS) is 17.2. The van der Waals surface area contributed by atoms with E-state index in [1.54, 1.807) is 10.9 Å². The van der Waals surface area contributed by atoms with E-state index in [0.717, 1.165) is 6.42 Å². The number of hydrogen-bond donors (Lipinski definition) is 2. The average molecular weight is 486 g/mol. The van der Waals surface area contributed by atoms with Gasteiger partial charge in [0.25, 0.3) is 0 Å². The van der Waals surface area contributed by atoms with Crippen LogP contribution in [0.2, 0.25) is 0 Å². The molecule has 33 heavy (non-hydrogen) atoms. The Morgan fingerprint density at radius 1 is 1.36 bits per heavy atom. The molecule has 1 aliphatic heterocycles. The van der Waals surface area contributed by atoms with Crippen LogP contribution in [0.4, 0.5) is 11.7 Å². The third-order valence-corrected chi connectivity index (χ3v) is 6.17. The third-order valence-electron chi connectivity index (χ3n) is 4.57. The monoisotopic (exact) mass is 486 g/mol. The summed E-state index contributed by atoms with van der Waals surface area (Å²) in [6.45, 7) is 2.46. The number of aromatic nitrogens is 2. The van der Waals surface area contributed by atoms with Crippen molar-refractivity contribution in [2.24, 2.45) is 10.7 Å². The molecule has 0 aliphatic carbocycles. The van der Waals surface area contributed by atoms with Crippen molar-refractivity contribution in [3.05, 3.63) is 40.0 Å². The fraction of sp³-hybridized carbons (Fsp3) is 0.556. The first-order valence-electron chi connectivity index (χ1n) is 10.2. The summed E-state index contributed by atoms with van der Waals surface area (Å²) in [6, 6.07) is 2.58. The predicted octanol–water partition coefficient (Wildman–Crippen LogP) is 2.78. The van der Waals surface area contributed by atoms with Crippen LogP contribution in [-0.4, -0.2) is 47.1 Å². The highest BCUT2D eigenvalue weighted by atomic mass is 31.2. The van der Waals surface area contributed by atoms with Crippen LogP contribution in [0.25, 0.3) is 0 Å². The van der Waals surface area contributed by atoms with Gasteiger partial charge in [0.15, 0.2) is 18.0 Å². The van der Waals surface area contributed by atoms with Crippen LogP contribution < -0.4 is 11.1 Å². The van der Waals surface area contributed by atoms with Crippen molar-refractivity contribution in [1.29, 1.82) is 0 Å². The topological polar surface area (TPSA) is 178 Å². The molecule has 182 valence electrons. The summed E-state index contributed by atoms with van der Waals surface area (Å²) in [5.41, 5.74) is 6.38. The number of rotatable bonds is 14. The molecule has 14 nitrogen and oxygen atoms in total. The van der Waals surface area contributed by atoms with Gasteiger partial charge in [-0.2, -0.15) is 4.99 Å². The number of guanidine groups is 1. The first-order chi connectivity index (χ1) is 15.8. The second-order valence-corrected chi connectivity index (χ2v) is 9.01. The first kappa shape index (κ1) is 24.9. The van der Waals surface area contributed by atoms with Crippen LogP contribution in [0.3, 0.4) is 0 Å². The highest BCUT2D eigenvalue weighted by molar-refractivity contribution is 7.53. The summed E-state index contributed by atoms with van der Waals surface area (Å²) in [6.07, 6.45) is 2.32. The number of ether oxygens (including phenoxy) is 2. The van der Waals surface area contributed by atoms with Crippen LogP contribution in [0.5, 0.6) is 0 Å². The molecule has 0 spiro atoms. The summed E-state index contributed by atoms with van der Waals surface area (Å²) in [5, 5.41) is 13.6. The van der Waals surface area contributed by atoms with Gasteiger partial charge in [-0.1, -0.05) is 13.3 Å². The Morgan fingerprint density at radius 3 is 2.88 bits per heavy atom. The SMILES string of the molecule is CCCCOP(=O)(COCCn1cnc2c1N=C(N)NC2OC)OCc1ccc([N+](=O)[O-])o1. The maximum Gasteiger partial charge on any atom is 0.433 e. The van der Waals surface area contributed by atoms with E-state index < -0.39 is 24.6 Å². The molecule has 0 aromatic carbocycles. The number of nitrogens with two attached hydrogens (primary N) is 1. The minimum absolute atomic E-state index is 0.155. The van der Waals surface area contributed by atoms with Gasteiger partial charge in [0.05, 0.1) is 25.6 Å². The quantitative estimate of drug-likeness (QED) is 0.173. The highest BCUT2D eigenvalue weighted by Gasteiger charge is 2.28. The smallest absolute Gasteiger partial charge is 0.403 e. The highest BCUT2D eigenvalue weighted by Crippen LogP contribution is 2.49. The van der Waals surface area contributed by atoms with Crippen LogP contribution in [0.1, 0.15) is 37.4 Å². The van der Waals surface area contributed by atoms with Crippen molar-refractivity contribution in [3.63, 3.8) is 0 Å². The van der Waals surface area contributed by atoms with Crippen LogP contribution >= 0.6 is 7.60 Å². The fourth-order valence-corrected chi connectivity index (χ4v) is 4.19. The van der Waals surface area contributed by atoms with Crippen LogP contribution in [0, 0.1) is 10.1 Å². The van der Waals surface area contributed by atoms with Gasteiger partial charge in [0.1, 0.15) is 29.3 Å². The summed E-state index contributed by atoms with van der Waals surface area (Å²) in [7, 11) is -2.11. The molecular weight excluding hydrogens is 459 g/mol. The molecule has 0 bridgehead atoms. The van der Waals surface area contributed by atoms with Crippen molar-refractivity contribution >= 4 is 25.3 Å². The van der Waals surface area contributed by atoms with Crippen molar-refractivity contribution in [1.82, 2.24) is 14.9 Å². The molecular formula is C18H27N6O8P. The minimum atomic E-state index is -3.64. The molecule has 2 unspecified atom stereocenters. The lowest BCUT2D eigenvalue weighted by molar-refractivity contribution is -0.402. The first-order valence-corrected chi connectivity index (χ1v) is 12.0. The summed E-state index contributed by atoms with van der Waals surface area (Å²) < 4.78 is 41.6. The number of nitrogens with zero attached hydrogens (tertiary/aromatic N) is 4. The molecule has 0 amide bonds. The standard InChI is InChI=1S/C18H27N6O8P/c1-3-4-8-30-33(27,31-10-13-5-6-14(32-13)24(25)26)12-29-9-7-23-11-20-15-16(23)21-18(19)22-17(15)28-2/h5-6,11,17H,3-4,7-10,12H2,1-2H3,(H3,19,21,22). The fourth-order valence-electron chi connectivity index (χ4n) is 2.88. The number of fused-ring (bicyclic) bond motifs is 1. The van der Waals surface area contributed by atoms with Gasteiger partial charge in [-0.15, -0.1) is 0 Å². The molecule has 1 aliphatic rings. The number of imidazole rings is 1. The Kier molecular flexibility index (Phi) is 8.58. The van der Waals surface area contributed by atoms with Gasteiger partial charge >= 0.3 is 13.5 Å². The molecule has 0 saturated carbocycles. The lowest BCUT2D eigenvalue weighted by atomic mass is 10.3. The van der Waals surface area contributed by atoms with Crippen LogP contribution in [-0.2, 0) is 36.2 Å². The third kappa shape index (κ3) is 6.62. The Balaban J connectivity index is 1.56. The number of hydrogen-bond acceptors (Lipinski definition) is 12. The molecule has 2 atom stereocenters. The van der Waals surface area contributed by atoms with Crippen molar-refractivity contribution < 1.29 is 32.4 Å². The Morgan fingerprint density at radius 2 is 2.18 bits per heavy atom. The van der Waals surface area contributed by atoms with E-state index in [9.17, 15) is 14.7 Å². The number of unbranched alkanes of at least 4 members (excludes halogenated alkanes) is 1. The van der Waals surface area contributed by atoms with Gasteiger partial charge in [0.2, 0.25) is 0 Å². The summed E-state index contributed by atoms with van der Waals surface area (Å²) in [5.74, 6) is 0.476. The zero-order valence-electron chi connectivity index (χ0n) is 18.3. The van der Waals surface area contributed by atoms with Gasteiger partial charge in [-0.05, 0) is 12.5 Å². The number of furan rings is 1. The van der Waals surface area contributed by atoms with Crippen molar-refractivity contribution in [3.8, 4) is 0 Å². The Hall–Kier alpha value is -2.77. The van der Waals surface area contributed by atoms with Crippen LogP contribution in [0.15, 0.2) is 27.9 Å². The molecule has 2 aromatic heterocycles. The molecule has 3 N–H and O–H groups in total. The lowest BCUT2D eigenvalue weighted by Gasteiger charge is -2.21. The summed E-state index contributed by atoms with van der Waals surface area (Å²) in [4.78, 5) is 18.6. The van der Waals surface area contributed by atoms with E-state index in [1.807, 2.05) is 6.92 Å². The molecule has 2 aromatic rings. The number of nitro groups is 1. The second kappa shape index (κ2) is 11.4. The van der Waals surface area contributed by atoms with Gasteiger partial charge in [-0.25, -0.2) is 4.98 Å². The zero-order valence-corrected chi connectivity index (χ0v) is 19.2. The molecule has 0 fully saturated rings. The second-order valence-electron chi connectivity index (χ2n) is 7.01. The molecule has 15 heteroatoms. The predicted molar refractivity (Wildman–Crippen MR) is 116 cm³/mol. The van der Waals surface area contributed by atoms with Gasteiger partial charge in [-0.3, -0.25) is 19.2 Å². The van der Waals surface area contributed by atoms with E-state index in [4.69, 9.17) is 28.7 Å². The van der Waals surface area contributed by atoms with E-state index in [-0.39, 0.29) is 37.9 Å². The van der Waals surface area contributed by atoms with Crippen molar-refractivity contribution in [2.45, 2.75) is 39.1 Å². The molecule has 3 heterocycles. The largest absolute Gasteiger partial charge is 0.433 e. The number of nitrogens with one attached hydrogen (secondary N) is 1. The van der Waals surface area contributed by atoms with Gasteiger partial charge in [0, 0.05) is 13.7 Å². The average Bonchev–Trinajstić information content (AvgIpc) is 3.43. The zero-order chi connectivity index (χ0) is 23.8. The van der Waals surface area contributed by atoms with E-state index in [0.29, 0.717) is 24.5 Å². The van der Waals surface area contributed by atoms with Crippen molar-refractivity contribution in [2.75, 3.05) is 26.7 Å². The van der Waals surface area contributed by atoms with E-state index in [2.05, 4.69) is 15.3 Å². The molecule has 0 radical (unpaired) electrons. The molecule has 3 rings (SSSR count). The van der Waals surface area contributed by atoms with E-state index >= 15 is 0 Å². The molecule has 0 saturated heterocycles. The minimum Gasteiger partial charge on any atom is -0.403 e. The Labute approximate surface area is 189 Å². The Bertz CT molecular complexity index is 1020. The number of methoxy groups -OCH3 is 1. The van der Waals surface area contributed by atoms with Gasteiger partial charge < -0.3 is 34.0 Å². The summed E-state index contributed by atoms with van der Waals surface area (Å²) >= 11 is 0. The van der Waals surface area contributed by atoms with E-state index in [1.165, 1.54) is 19.2 Å². The maximum absolute atomic E-state index is 13.1. The number of aliphatic imine (C=N–C) groups is 1. The maximum atomic E-state index is 13.1. The lowest BCUT2D eigenvalue weighted by Crippen LogP contribution is -2.38.